The van der Waals surface area contributed by atoms with Gasteiger partial charge in [0.15, 0.2) is 11.6 Å². The van der Waals surface area contributed by atoms with Crippen molar-refractivity contribution in [3.05, 3.63) is 93.0 Å². The Hall–Kier alpha value is -5.28. The summed E-state index contributed by atoms with van der Waals surface area (Å²) in [7, 11) is 3.09. The molecule has 3 saturated heterocycles. The summed E-state index contributed by atoms with van der Waals surface area (Å²) >= 11 is 13.5. The van der Waals surface area contributed by atoms with Gasteiger partial charge in [-0.1, -0.05) is 35.9 Å². The van der Waals surface area contributed by atoms with E-state index in [-0.39, 0.29) is 72.3 Å². The predicted molar refractivity (Wildman–Crippen MR) is 206 cm³/mol. The van der Waals surface area contributed by atoms with E-state index in [1.807, 2.05) is 29.2 Å². The molecule has 1 N–H and O–H groups in total. The van der Waals surface area contributed by atoms with E-state index in [1.54, 1.807) is 43.4 Å². The van der Waals surface area contributed by atoms with Crippen molar-refractivity contribution in [3.8, 4) is 28.5 Å². The standard InChI is InChI=1S/C40H36Cl2F4N6O5/c1-20-14-28(50(15-21-4-10-25(55-2)11-5-21)16-22-6-12-26(56-3)13-7-22)47-34(31(20)40(44,45)46)29-32(41)36-30-35(33(29)43)48-38(42)49-37(30)52-18-24-9-8-23(27(52)19-57-36)17-51(24)39(53)54/h4-7,10-14,23-24,27H,8-9,15-19H2,1-3H3,(H,53,54)/t23-,24-,27-/m1/s1. The molecular formula is C40H36Cl2F4N6O5. The number of halogens is 6. The molecule has 0 spiro atoms. The van der Waals surface area contributed by atoms with E-state index in [0.717, 1.165) is 11.1 Å². The molecule has 0 radical (unpaired) electrons. The highest BCUT2D eigenvalue weighted by Gasteiger charge is 2.47. The smallest absolute Gasteiger partial charge is 0.418 e. The molecular weight excluding hydrogens is 791 g/mol. The topological polar surface area (TPSA) is 113 Å². The number of aromatic nitrogens is 3. The van der Waals surface area contributed by atoms with E-state index in [2.05, 4.69) is 15.0 Å². The number of hydrogen-bond donors (Lipinski definition) is 1. The second-order valence-electron chi connectivity index (χ2n) is 14.4. The third-order valence-electron chi connectivity index (χ3n) is 11.1. The van der Waals surface area contributed by atoms with Gasteiger partial charge in [0.1, 0.15) is 35.3 Å². The number of amides is 1. The lowest BCUT2D eigenvalue weighted by Gasteiger charge is -2.35. The van der Waals surface area contributed by atoms with Crippen molar-refractivity contribution in [2.45, 2.75) is 51.1 Å². The molecule has 3 aromatic carbocycles. The number of carboxylic acid groups (broad SMARTS) is 1. The van der Waals surface area contributed by atoms with Gasteiger partial charge in [0.05, 0.1) is 53.5 Å². The number of pyridine rings is 1. The van der Waals surface area contributed by atoms with Crippen LogP contribution < -0.4 is 24.0 Å². The van der Waals surface area contributed by atoms with Crippen molar-refractivity contribution in [2.24, 2.45) is 5.92 Å². The van der Waals surface area contributed by atoms with E-state index in [9.17, 15) is 9.90 Å². The number of carbonyl (C=O) groups is 1. The van der Waals surface area contributed by atoms with Gasteiger partial charge in [-0.25, -0.2) is 19.2 Å². The van der Waals surface area contributed by atoms with Crippen molar-refractivity contribution in [3.63, 3.8) is 0 Å². The largest absolute Gasteiger partial charge is 0.497 e. The molecule has 3 fully saturated rings. The number of hydrogen-bond acceptors (Lipinski definition) is 9. The molecule has 57 heavy (non-hydrogen) atoms. The summed E-state index contributed by atoms with van der Waals surface area (Å²) in [6.07, 6.45) is -4.74. The summed E-state index contributed by atoms with van der Waals surface area (Å²) in [6, 6.07) is 15.0. The van der Waals surface area contributed by atoms with Crippen molar-refractivity contribution in [2.75, 3.05) is 43.7 Å². The highest BCUT2D eigenvalue weighted by atomic mass is 35.5. The van der Waals surface area contributed by atoms with E-state index in [1.165, 1.54) is 17.9 Å². The fourth-order valence-electron chi connectivity index (χ4n) is 8.30. The molecule has 5 aromatic rings. The zero-order valence-corrected chi connectivity index (χ0v) is 32.4. The maximum Gasteiger partial charge on any atom is 0.418 e. The number of benzene rings is 3. The van der Waals surface area contributed by atoms with E-state index >= 15 is 17.6 Å². The predicted octanol–water partition coefficient (Wildman–Crippen LogP) is 9.03. The molecule has 17 heteroatoms. The van der Waals surface area contributed by atoms with Crippen LogP contribution in [-0.2, 0) is 19.3 Å². The molecule has 0 aliphatic carbocycles. The highest BCUT2D eigenvalue weighted by Crippen LogP contribution is 2.52. The quantitative estimate of drug-likeness (QED) is 0.120. The van der Waals surface area contributed by atoms with Crippen LogP contribution in [0.4, 0.5) is 34.0 Å². The molecule has 11 nitrogen and oxygen atoms in total. The number of methoxy groups -OCH3 is 2. The summed E-state index contributed by atoms with van der Waals surface area (Å²) < 4.78 is 79.8. The maximum atomic E-state index is 17.3. The fourth-order valence-corrected chi connectivity index (χ4v) is 8.79. The van der Waals surface area contributed by atoms with Crippen LogP contribution >= 0.6 is 23.2 Å². The lowest BCUT2D eigenvalue weighted by atomic mass is 9.90. The molecule has 3 atom stereocenters. The van der Waals surface area contributed by atoms with Crippen LogP contribution in [0.5, 0.6) is 17.2 Å². The van der Waals surface area contributed by atoms with Gasteiger partial charge in [0.2, 0.25) is 5.28 Å². The Balaban J connectivity index is 1.31. The van der Waals surface area contributed by atoms with Gasteiger partial charge in [-0.05, 0) is 78.4 Å². The molecule has 4 aliphatic rings. The SMILES string of the molecule is COc1ccc(CN(Cc2ccc(OC)cc2)c2cc(C)c(C(F)(F)F)c(-c3c(Cl)c4c5c(nc(Cl)nc5c3F)N3C[C@H]5CC[C@H](CN5C(=O)O)[C@H]3CO4)n2)cc1. The molecule has 6 heterocycles. The molecule has 0 unspecified atom stereocenters. The number of fused-ring (bicyclic) bond motifs is 2. The summed E-state index contributed by atoms with van der Waals surface area (Å²) in [4.78, 5) is 30.4. The lowest BCUT2D eigenvalue weighted by Crippen LogP contribution is -2.47. The zero-order chi connectivity index (χ0) is 40.3. The average molecular weight is 828 g/mol. The molecule has 4 aliphatic heterocycles. The molecule has 2 bridgehead atoms. The Bertz CT molecular complexity index is 2320. The normalized spacial score (nSPS) is 18.8. The minimum atomic E-state index is -4.98. The van der Waals surface area contributed by atoms with Gasteiger partial charge in [-0.2, -0.15) is 18.2 Å². The Morgan fingerprint density at radius 1 is 0.965 bits per heavy atom. The average Bonchev–Trinajstić information content (AvgIpc) is 3.53. The van der Waals surface area contributed by atoms with Crippen LogP contribution in [0.25, 0.3) is 22.2 Å². The minimum absolute atomic E-state index is 0.0263. The molecule has 0 saturated carbocycles. The lowest BCUT2D eigenvalue weighted by molar-refractivity contribution is -0.137. The molecule has 2 aromatic heterocycles. The van der Waals surface area contributed by atoms with Gasteiger partial charge in [0.25, 0.3) is 0 Å². The summed E-state index contributed by atoms with van der Waals surface area (Å²) in [5, 5.41) is 9.17. The first-order valence-corrected chi connectivity index (χ1v) is 18.9. The Morgan fingerprint density at radius 2 is 1.60 bits per heavy atom. The van der Waals surface area contributed by atoms with Crippen LogP contribution in [0.2, 0.25) is 10.3 Å². The number of anilines is 2. The first kappa shape index (κ1) is 38.6. The third kappa shape index (κ3) is 7.05. The molecule has 9 rings (SSSR count). The highest BCUT2D eigenvalue weighted by molar-refractivity contribution is 6.37. The first-order chi connectivity index (χ1) is 27.2. The van der Waals surface area contributed by atoms with Crippen LogP contribution in [-0.4, -0.2) is 77.1 Å². The number of piperidine rings is 1. The monoisotopic (exact) mass is 826 g/mol. The maximum absolute atomic E-state index is 17.3. The van der Waals surface area contributed by atoms with Crippen LogP contribution in [0.3, 0.4) is 0 Å². The van der Waals surface area contributed by atoms with Crippen LogP contribution in [0.1, 0.15) is 35.1 Å². The van der Waals surface area contributed by atoms with Crippen molar-refractivity contribution >= 4 is 51.8 Å². The Labute approximate surface area is 334 Å². The molecule has 1 amide bonds. The number of ether oxygens (including phenoxy) is 3. The minimum Gasteiger partial charge on any atom is -0.497 e. The second-order valence-corrected chi connectivity index (χ2v) is 15.1. The van der Waals surface area contributed by atoms with E-state index in [0.29, 0.717) is 24.3 Å². The second kappa shape index (κ2) is 14.9. The van der Waals surface area contributed by atoms with Crippen LogP contribution in [0.15, 0.2) is 54.6 Å². The van der Waals surface area contributed by atoms with E-state index < -0.39 is 57.5 Å². The summed E-state index contributed by atoms with van der Waals surface area (Å²) in [5.74, 6) is 0.0477. The third-order valence-corrected chi connectivity index (χ3v) is 11.6. The van der Waals surface area contributed by atoms with E-state index in [4.69, 9.17) is 37.4 Å². The van der Waals surface area contributed by atoms with Crippen molar-refractivity contribution < 1.29 is 41.7 Å². The van der Waals surface area contributed by atoms with Gasteiger partial charge in [-0.15, -0.1) is 0 Å². The van der Waals surface area contributed by atoms with Gasteiger partial charge >= 0.3 is 12.3 Å². The van der Waals surface area contributed by atoms with Gasteiger partial charge < -0.3 is 34.0 Å². The number of alkyl halides is 3. The van der Waals surface area contributed by atoms with Gasteiger partial charge in [0, 0.05) is 32.1 Å². The fraction of sp³-hybridized carbons (Fsp3) is 0.350. The van der Waals surface area contributed by atoms with Gasteiger partial charge in [-0.3, -0.25) is 0 Å². The van der Waals surface area contributed by atoms with Crippen molar-refractivity contribution in [1.29, 1.82) is 0 Å². The number of rotatable bonds is 8. The van der Waals surface area contributed by atoms with Crippen LogP contribution in [0, 0.1) is 18.7 Å². The number of aryl methyl sites for hydroxylation is 1. The Morgan fingerprint density at radius 3 is 2.18 bits per heavy atom. The Kier molecular flexibility index (Phi) is 10.1. The van der Waals surface area contributed by atoms with Crippen molar-refractivity contribution in [1.82, 2.24) is 19.9 Å². The summed E-state index contributed by atoms with van der Waals surface area (Å²) in [5.41, 5.74) is -1.59. The summed E-state index contributed by atoms with van der Waals surface area (Å²) in [6.45, 7) is 2.13. The molecule has 298 valence electrons. The zero-order valence-electron chi connectivity index (χ0n) is 30.9. The first-order valence-electron chi connectivity index (χ1n) is 18.1. The number of nitrogens with zero attached hydrogens (tertiary/aromatic N) is 6.